The van der Waals surface area contributed by atoms with Gasteiger partial charge in [-0.1, -0.05) is 18.2 Å². The lowest BCUT2D eigenvalue weighted by Crippen LogP contribution is -2.34. The van der Waals surface area contributed by atoms with Crippen LogP contribution in [0.15, 0.2) is 34.3 Å². The summed E-state index contributed by atoms with van der Waals surface area (Å²) in [6.07, 6.45) is 5.04. The quantitative estimate of drug-likeness (QED) is 0.926. The summed E-state index contributed by atoms with van der Waals surface area (Å²) < 4.78 is 25.1. The molecule has 2 aliphatic rings. The summed E-state index contributed by atoms with van der Waals surface area (Å²) in [5.41, 5.74) is 1.77. The Morgan fingerprint density at radius 2 is 2.13 bits per heavy atom. The summed E-state index contributed by atoms with van der Waals surface area (Å²) >= 11 is 0. The van der Waals surface area contributed by atoms with Gasteiger partial charge in [0, 0.05) is 13.5 Å². The Hall–Kier alpha value is -2.11. The zero-order valence-corrected chi connectivity index (χ0v) is 13.1. The number of rotatable bonds is 4. The molecule has 0 fully saturated rings. The summed E-state index contributed by atoms with van der Waals surface area (Å²) in [6.45, 7) is 1.37. The standard InChI is InChI=1S/C17H20F2N4/c1-20-17-16-14(21-7-8-22-16)10-13(23-17)12-4-2-3-11(5-6-12)9-15(18)19/h4-6,10-11,15H,2-3,7-9H2,1H3,(H,20,23). The Bertz CT molecular complexity index is 753. The van der Waals surface area contributed by atoms with Crippen molar-refractivity contribution >= 4 is 11.4 Å². The van der Waals surface area contributed by atoms with E-state index in [0.29, 0.717) is 18.9 Å². The van der Waals surface area contributed by atoms with E-state index in [0.717, 1.165) is 34.8 Å². The Kier molecular flexibility index (Phi) is 4.79. The molecule has 1 aliphatic heterocycles. The Morgan fingerprint density at radius 3 is 2.91 bits per heavy atom. The van der Waals surface area contributed by atoms with E-state index in [9.17, 15) is 8.78 Å². The van der Waals surface area contributed by atoms with Crippen LogP contribution in [0.4, 0.5) is 14.6 Å². The maximum atomic E-state index is 12.6. The molecule has 0 radical (unpaired) electrons. The van der Waals surface area contributed by atoms with Crippen LogP contribution >= 0.6 is 0 Å². The Morgan fingerprint density at radius 1 is 1.30 bits per heavy atom. The molecule has 0 saturated heterocycles. The first kappa shape index (κ1) is 15.8. The second-order valence-corrected chi connectivity index (χ2v) is 5.72. The molecule has 3 rings (SSSR count). The number of nitrogens with zero attached hydrogens (tertiary/aromatic N) is 3. The van der Waals surface area contributed by atoms with Crippen LogP contribution in [0, 0.1) is 5.92 Å². The molecule has 1 unspecified atom stereocenters. The van der Waals surface area contributed by atoms with Crippen molar-refractivity contribution in [1.29, 1.82) is 0 Å². The zero-order chi connectivity index (χ0) is 16.2. The molecule has 0 saturated carbocycles. The highest BCUT2D eigenvalue weighted by atomic mass is 19.3. The third-order valence-electron chi connectivity index (χ3n) is 4.09. The predicted molar refractivity (Wildman–Crippen MR) is 86.3 cm³/mol. The molecule has 0 amide bonds. The van der Waals surface area contributed by atoms with Crippen LogP contribution in [0.2, 0.25) is 0 Å². The van der Waals surface area contributed by atoms with E-state index in [1.54, 1.807) is 0 Å². The molecule has 122 valence electrons. The van der Waals surface area contributed by atoms with Gasteiger partial charge in [-0.05, 0) is 30.4 Å². The predicted octanol–water partition coefficient (Wildman–Crippen LogP) is 2.38. The fourth-order valence-corrected chi connectivity index (χ4v) is 2.93. The van der Waals surface area contributed by atoms with Gasteiger partial charge in [0.15, 0.2) is 5.82 Å². The fraction of sp³-hybridized carbons (Fsp3) is 0.471. The number of nitrogens with one attached hydrogen (secondary N) is 1. The van der Waals surface area contributed by atoms with Crippen LogP contribution in [0.3, 0.4) is 0 Å². The fourth-order valence-electron chi connectivity index (χ4n) is 2.93. The van der Waals surface area contributed by atoms with E-state index < -0.39 is 6.43 Å². The lowest BCUT2D eigenvalue weighted by atomic mass is 10.0. The van der Waals surface area contributed by atoms with Crippen molar-refractivity contribution in [2.75, 3.05) is 25.5 Å². The van der Waals surface area contributed by atoms with Crippen LogP contribution < -0.4 is 16.0 Å². The van der Waals surface area contributed by atoms with Crippen LogP contribution in [0.25, 0.3) is 5.57 Å². The molecule has 1 atom stereocenters. The molecular formula is C17H20F2N4. The molecule has 2 heterocycles. The summed E-state index contributed by atoms with van der Waals surface area (Å²) in [5, 5.41) is 4.71. The van der Waals surface area contributed by atoms with Gasteiger partial charge in [-0.25, -0.2) is 13.8 Å². The minimum Gasteiger partial charge on any atom is -0.371 e. The summed E-state index contributed by atoms with van der Waals surface area (Å²) in [4.78, 5) is 13.6. The van der Waals surface area contributed by atoms with Crippen LogP contribution in [-0.2, 0) is 0 Å². The SMILES string of the molecule is CNc1nc(C2=CCCC(CC(F)F)C=C2)cc2c1=NCCN=2. The number of hydrogen-bond acceptors (Lipinski definition) is 4. The number of pyridine rings is 1. The van der Waals surface area contributed by atoms with Crippen molar-refractivity contribution in [3.8, 4) is 0 Å². The second-order valence-electron chi connectivity index (χ2n) is 5.72. The van der Waals surface area contributed by atoms with E-state index in [2.05, 4.69) is 26.4 Å². The van der Waals surface area contributed by atoms with Gasteiger partial charge in [-0.15, -0.1) is 0 Å². The highest BCUT2D eigenvalue weighted by Gasteiger charge is 2.15. The first-order valence-electron chi connectivity index (χ1n) is 7.92. The lowest BCUT2D eigenvalue weighted by Gasteiger charge is -2.09. The molecule has 0 bridgehead atoms. The first-order chi connectivity index (χ1) is 11.2. The number of anilines is 1. The van der Waals surface area contributed by atoms with Crippen molar-refractivity contribution in [2.24, 2.45) is 15.9 Å². The molecular weight excluding hydrogens is 298 g/mol. The van der Waals surface area contributed by atoms with Gasteiger partial charge in [-0.3, -0.25) is 9.98 Å². The molecule has 0 spiro atoms. The lowest BCUT2D eigenvalue weighted by molar-refractivity contribution is 0.121. The number of aromatic nitrogens is 1. The van der Waals surface area contributed by atoms with E-state index in [1.807, 2.05) is 25.3 Å². The van der Waals surface area contributed by atoms with Crippen molar-refractivity contribution in [1.82, 2.24) is 4.98 Å². The van der Waals surface area contributed by atoms with E-state index >= 15 is 0 Å². The Labute approximate surface area is 133 Å². The molecule has 1 aliphatic carbocycles. The van der Waals surface area contributed by atoms with Crippen LogP contribution in [-0.4, -0.2) is 31.5 Å². The van der Waals surface area contributed by atoms with Gasteiger partial charge < -0.3 is 5.32 Å². The van der Waals surface area contributed by atoms with Gasteiger partial charge in [0.05, 0.1) is 24.1 Å². The summed E-state index contributed by atoms with van der Waals surface area (Å²) in [5.74, 6) is 0.633. The average molecular weight is 318 g/mol. The molecule has 6 heteroatoms. The normalized spacial score (nSPS) is 20.2. The van der Waals surface area contributed by atoms with Crippen molar-refractivity contribution in [2.45, 2.75) is 25.7 Å². The monoisotopic (exact) mass is 318 g/mol. The highest BCUT2D eigenvalue weighted by Crippen LogP contribution is 2.25. The third kappa shape index (κ3) is 3.63. The largest absolute Gasteiger partial charge is 0.371 e. The smallest absolute Gasteiger partial charge is 0.239 e. The number of fused-ring (bicyclic) bond motifs is 1. The number of hydrogen-bond donors (Lipinski definition) is 1. The molecule has 0 aromatic carbocycles. The molecule has 1 aromatic rings. The highest BCUT2D eigenvalue weighted by molar-refractivity contribution is 5.72. The number of halogens is 2. The minimum atomic E-state index is -2.26. The van der Waals surface area contributed by atoms with Crippen LogP contribution in [0.1, 0.15) is 25.0 Å². The molecule has 23 heavy (non-hydrogen) atoms. The van der Waals surface area contributed by atoms with Gasteiger partial charge in [-0.2, -0.15) is 0 Å². The third-order valence-corrected chi connectivity index (χ3v) is 4.09. The maximum Gasteiger partial charge on any atom is 0.239 e. The van der Waals surface area contributed by atoms with Gasteiger partial charge >= 0.3 is 0 Å². The number of allylic oxidation sites excluding steroid dienone is 4. The maximum absolute atomic E-state index is 12.6. The van der Waals surface area contributed by atoms with Gasteiger partial charge in [0.1, 0.15) is 5.36 Å². The van der Waals surface area contributed by atoms with E-state index in [4.69, 9.17) is 0 Å². The molecule has 4 nitrogen and oxygen atoms in total. The average Bonchev–Trinajstić information content (AvgIpc) is 2.79. The van der Waals surface area contributed by atoms with Gasteiger partial charge in [0.2, 0.25) is 6.43 Å². The second kappa shape index (κ2) is 6.98. The molecule has 1 N–H and O–H groups in total. The topological polar surface area (TPSA) is 49.6 Å². The Balaban J connectivity index is 1.95. The van der Waals surface area contributed by atoms with Crippen molar-refractivity contribution in [3.63, 3.8) is 0 Å². The zero-order valence-electron chi connectivity index (χ0n) is 13.1. The van der Waals surface area contributed by atoms with Gasteiger partial charge in [0.25, 0.3) is 0 Å². The van der Waals surface area contributed by atoms with Crippen molar-refractivity contribution < 1.29 is 8.78 Å². The minimum absolute atomic E-state index is 0.0782. The molecule has 1 aromatic heterocycles. The summed E-state index contributed by atoms with van der Waals surface area (Å²) in [7, 11) is 1.81. The first-order valence-corrected chi connectivity index (χ1v) is 7.92. The summed E-state index contributed by atoms with van der Waals surface area (Å²) in [6, 6.07) is 1.93. The number of alkyl halides is 2. The van der Waals surface area contributed by atoms with E-state index in [1.165, 1.54) is 0 Å². The van der Waals surface area contributed by atoms with Crippen molar-refractivity contribution in [3.05, 3.63) is 40.7 Å². The van der Waals surface area contributed by atoms with Crippen LogP contribution in [0.5, 0.6) is 0 Å². The van der Waals surface area contributed by atoms with E-state index in [-0.39, 0.29) is 12.3 Å².